The molecule has 0 radical (unpaired) electrons. The molecule has 0 saturated carbocycles. The molecule has 2 aromatic rings. The number of hydrogen-bond donors (Lipinski definition) is 1. The van der Waals surface area contributed by atoms with Crippen molar-refractivity contribution >= 4 is 17.5 Å². The maximum Gasteiger partial charge on any atom is 0.204 e. The molecule has 0 amide bonds. The lowest BCUT2D eigenvalue weighted by Gasteiger charge is -2.10. The lowest BCUT2D eigenvalue weighted by atomic mass is 10.1. The van der Waals surface area contributed by atoms with Crippen LogP contribution < -0.4 is 0 Å². The van der Waals surface area contributed by atoms with Gasteiger partial charge in [-0.3, -0.25) is 9.56 Å². The van der Waals surface area contributed by atoms with E-state index in [2.05, 4.69) is 22.1 Å². The predicted molar refractivity (Wildman–Crippen MR) is 72.5 cm³/mol. The van der Waals surface area contributed by atoms with Crippen molar-refractivity contribution in [2.24, 2.45) is 4.99 Å². The normalized spacial score (nSPS) is 17.7. The number of aliphatic hydroxyl groups is 1. The smallest absolute Gasteiger partial charge is 0.204 e. The molecule has 1 unspecified atom stereocenters. The molecule has 3 rings (SSSR count). The number of thioether (sulfide) groups is 1. The van der Waals surface area contributed by atoms with Crippen LogP contribution in [-0.2, 0) is 0 Å². The third-order valence-electron chi connectivity index (χ3n) is 3.07. The lowest BCUT2D eigenvalue weighted by molar-refractivity contribution is 0.177. The Morgan fingerprint density at radius 1 is 1.39 bits per heavy atom. The molecule has 1 aromatic carbocycles. The van der Waals surface area contributed by atoms with E-state index in [-0.39, 0.29) is 0 Å². The van der Waals surface area contributed by atoms with Gasteiger partial charge in [0.05, 0.1) is 5.69 Å². The van der Waals surface area contributed by atoms with Crippen LogP contribution in [-0.4, -0.2) is 26.6 Å². The van der Waals surface area contributed by atoms with Gasteiger partial charge in [-0.25, -0.2) is 4.98 Å². The van der Waals surface area contributed by atoms with E-state index in [0.29, 0.717) is 5.82 Å². The highest BCUT2D eigenvalue weighted by molar-refractivity contribution is 7.98. The molecule has 18 heavy (non-hydrogen) atoms. The summed E-state index contributed by atoms with van der Waals surface area (Å²) in [7, 11) is 0. The van der Waals surface area contributed by atoms with E-state index in [1.165, 1.54) is 4.90 Å². The zero-order chi connectivity index (χ0) is 12.7. The van der Waals surface area contributed by atoms with Crippen LogP contribution in [0.2, 0.25) is 0 Å². The molecular formula is C13H13N3OS. The fraction of sp³-hybridized carbons (Fsp3) is 0.231. The summed E-state index contributed by atoms with van der Waals surface area (Å²) in [5, 5.41) is 10.0. The minimum absolute atomic E-state index is 0.560. The van der Waals surface area contributed by atoms with Gasteiger partial charge in [0.15, 0.2) is 5.82 Å². The zero-order valence-corrected chi connectivity index (χ0v) is 11.0. The molecule has 1 N–H and O–H groups in total. The van der Waals surface area contributed by atoms with Crippen LogP contribution in [0.15, 0.2) is 40.5 Å². The van der Waals surface area contributed by atoms with Gasteiger partial charge in [-0.05, 0) is 31.4 Å². The molecular weight excluding hydrogens is 246 g/mol. The maximum atomic E-state index is 10.0. The lowest BCUT2D eigenvalue weighted by Crippen LogP contribution is -2.04. The van der Waals surface area contributed by atoms with E-state index < -0.39 is 6.23 Å². The Kier molecular flexibility index (Phi) is 2.72. The van der Waals surface area contributed by atoms with Gasteiger partial charge in [0.2, 0.25) is 6.23 Å². The Bertz CT molecular complexity index is 633. The molecule has 0 bridgehead atoms. The minimum atomic E-state index is -0.898. The molecule has 0 fully saturated rings. The topological polar surface area (TPSA) is 50.4 Å². The summed E-state index contributed by atoms with van der Waals surface area (Å²) in [4.78, 5) is 9.64. The molecule has 0 saturated heterocycles. The summed E-state index contributed by atoms with van der Waals surface area (Å²) in [5.41, 5.74) is 2.88. The first-order valence-corrected chi connectivity index (χ1v) is 6.87. The van der Waals surface area contributed by atoms with Crippen molar-refractivity contribution in [2.45, 2.75) is 18.0 Å². The first kappa shape index (κ1) is 11.5. The first-order valence-electron chi connectivity index (χ1n) is 5.65. The summed E-state index contributed by atoms with van der Waals surface area (Å²) < 4.78 is 1.89. The van der Waals surface area contributed by atoms with Crippen molar-refractivity contribution in [3.8, 4) is 5.69 Å². The van der Waals surface area contributed by atoms with Gasteiger partial charge in [-0.2, -0.15) is 0 Å². The number of rotatable bonds is 1. The van der Waals surface area contributed by atoms with Crippen molar-refractivity contribution in [1.29, 1.82) is 0 Å². The number of hydrogen-bond acceptors (Lipinski definition) is 4. The molecule has 0 spiro atoms. The van der Waals surface area contributed by atoms with Gasteiger partial charge in [0.25, 0.3) is 0 Å². The van der Waals surface area contributed by atoms with Gasteiger partial charge in [-0.1, -0.05) is 0 Å². The average molecular weight is 259 g/mol. The van der Waals surface area contributed by atoms with Crippen LogP contribution >= 0.6 is 11.8 Å². The Labute approximate surface area is 109 Å². The van der Waals surface area contributed by atoms with E-state index in [4.69, 9.17) is 0 Å². The fourth-order valence-electron chi connectivity index (χ4n) is 2.16. The van der Waals surface area contributed by atoms with E-state index in [1.54, 1.807) is 18.0 Å². The van der Waals surface area contributed by atoms with Gasteiger partial charge in [-0.15, -0.1) is 11.8 Å². The van der Waals surface area contributed by atoms with E-state index in [1.807, 2.05) is 30.0 Å². The fourth-order valence-corrected chi connectivity index (χ4v) is 2.60. The molecule has 1 aliphatic heterocycles. The third-order valence-corrected chi connectivity index (χ3v) is 3.79. The number of aliphatic imine (C=N–C) groups is 1. The van der Waals surface area contributed by atoms with Gasteiger partial charge >= 0.3 is 0 Å². The van der Waals surface area contributed by atoms with E-state index in [0.717, 1.165) is 17.0 Å². The van der Waals surface area contributed by atoms with Crippen LogP contribution in [0.5, 0.6) is 0 Å². The van der Waals surface area contributed by atoms with Gasteiger partial charge < -0.3 is 5.11 Å². The zero-order valence-electron chi connectivity index (χ0n) is 10.2. The maximum absolute atomic E-state index is 10.0. The van der Waals surface area contributed by atoms with Gasteiger partial charge in [0.1, 0.15) is 0 Å². The molecule has 1 atom stereocenters. The predicted octanol–water partition coefficient (Wildman–Crippen LogP) is 2.41. The average Bonchev–Trinajstić information content (AvgIpc) is 2.83. The van der Waals surface area contributed by atoms with Gasteiger partial charge in [0, 0.05) is 28.6 Å². The van der Waals surface area contributed by atoms with Crippen molar-refractivity contribution in [1.82, 2.24) is 9.55 Å². The highest BCUT2D eigenvalue weighted by Gasteiger charge is 2.21. The summed E-state index contributed by atoms with van der Waals surface area (Å²) in [6.45, 7) is 1.92. The number of imidazole rings is 1. The SMILES string of the molecule is CSc1ccc2c(c1)C(C)=NC(O)c1nccn1-2. The minimum Gasteiger partial charge on any atom is -0.365 e. The van der Waals surface area contributed by atoms with E-state index in [9.17, 15) is 5.11 Å². The molecule has 1 aromatic heterocycles. The largest absolute Gasteiger partial charge is 0.365 e. The highest BCUT2D eigenvalue weighted by Crippen LogP contribution is 2.29. The Morgan fingerprint density at radius 2 is 2.22 bits per heavy atom. The van der Waals surface area contributed by atoms with E-state index >= 15 is 0 Å². The molecule has 4 nitrogen and oxygen atoms in total. The third kappa shape index (κ3) is 1.67. The number of aliphatic hydroxyl groups excluding tert-OH is 1. The summed E-state index contributed by atoms with van der Waals surface area (Å²) >= 11 is 1.69. The van der Waals surface area contributed by atoms with Crippen LogP contribution in [0.3, 0.4) is 0 Å². The monoisotopic (exact) mass is 259 g/mol. The van der Waals surface area contributed by atoms with Crippen molar-refractivity contribution in [3.63, 3.8) is 0 Å². The summed E-state index contributed by atoms with van der Waals surface area (Å²) in [6, 6.07) is 6.21. The Morgan fingerprint density at radius 3 is 3.00 bits per heavy atom. The Balaban J connectivity index is 2.30. The highest BCUT2D eigenvalue weighted by atomic mass is 32.2. The number of fused-ring (bicyclic) bond motifs is 3. The van der Waals surface area contributed by atoms with Crippen LogP contribution in [0.25, 0.3) is 5.69 Å². The standard InChI is InChI=1S/C13H13N3OS/c1-8-10-7-9(18-2)3-4-11(10)16-6-5-14-12(16)13(17)15-8/h3-7,13,17H,1-2H3. The number of benzene rings is 1. The molecule has 0 aliphatic carbocycles. The van der Waals surface area contributed by atoms with Crippen LogP contribution in [0, 0.1) is 0 Å². The van der Waals surface area contributed by atoms with Crippen LogP contribution in [0.1, 0.15) is 24.5 Å². The van der Waals surface area contributed by atoms with Crippen molar-refractivity contribution in [2.75, 3.05) is 6.26 Å². The van der Waals surface area contributed by atoms with Crippen LogP contribution in [0.4, 0.5) is 0 Å². The summed E-state index contributed by atoms with van der Waals surface area (Å²) in [6.07, 6.45) is 4.68. The second-order valence-corrected chi connectivity index (χ2v) is 5.01. The second-order valence-electron chi connectivity index (χ2n) is 4.13. The number of nitrogens with zero attached hydrogens (tertiary/aromatic N) is 3. The quantitative estimate of drug-likeness (QED) is 0.800. The second kappa shape index (κ2) is 4.26. The van der Waals surface area contributed by atoms with Crippen molar-refractivity contribution in [3.05, 3.63) is 42.0 Å². The Hall–Kier alpha value is -1.59. The molecule has 2 heterocycles. The number of aromatic nitrogens is 2. The van der Waals surface area contributed by atoms with Crippen molar-refractivity contribution < 1.29 is 5.11 Å². The molecule has 92 valence electrons. The molecule has 5 heteroatoms. The first-order chi connectivity index (χ1) is 8.70. The summed E-state index contributed by atoms with van der Waals surface area (Å²) in [5.74, 6) is 0.560. The molecule has 1 aliphatic rings.